The van der Waals surface area contributed by atoms with E-state index in [1.54, 1.807) is 6.92 Å². The standard InChI is InChI=1S/C20H32O7/c1-13(2)8-9-20(27-12-24-6)16(26-11-23-5)10-15(14(3)4)17(18(20)21)19(22)25-7/h8,15-17H,3,9-12H2,1-2,4-7H3/t15?,16-,17?,20?/m1/s1. The maximum atomic E-state index is 13.6. The van der Waals surface area contributed by atoms with Gasteiger partial charge >= 0.3 is 5.97 Å². The molecule has 0 aromatic rings. The van der Waals surface area contributed by atoms with Gasteiger partial charge in [-0.15, -0.1) is 0 Å². The maximum absolute atomic E-state index is 13.6. The highest BCUT2D eigenvalue weighted by Gasteiger charge is 2.58. The first-order valence-electron chi connectivity index (χ1n) is 8.89. The van der Waals surface area contributed by atoms with Gasteiger partial charge in [-0.05, 0) is 27.2 Å². The molecule has 0 amide bonds. The minimum atomic E-state index is -1.38. The fourth-order valence-corrected chi connectivity index (χ4v) is 3.37. The lowest BCUT2D eigenvalue weighted by molar-refractivity contribution is -0.224. The Morgan fingerprint density at radius 1 is 1.19 bits per heavy atom. The zero-order chi connectivity index (χ0) is 20.6. The van der Waals surface area contributed by atoms with Crippen LogP contribution in [-0.2, 0) is 33.3 Å². The summed E-state index contributed by atoms with van der Waals surface area (Å²) in [5.41, 5.74) is 0.356. The molecular formula is C20H32O7. The Labute approximate surface area is 161 Å². The first kappa shape index (κ1) is 23.5. The molecule has 0 radical (unpaired) electrons. The molecular weight excluding hydrogens is 352 g/mol. The third-order valence-corrected chi connectivity index (χ3v) is 4.81. The van der Waals surface area contributed by atoms with Crippen molar-refractivity contribution >= 4 is 11.8 Å². The second-order valence-corrected chi connectivity index (χ2v) is 7.04. The summed E-state index contributed by atoms with van der Waals surface area (Å²) in [6.45, 7) is 9.49. The van der Waals surface area contributed by atoms with Gasteiger partial charge in [-0.25, -0.2) is 0 Å². The second-order valence-electron chi connectivity index (χ2n) is 7.04. The molecule has 0 N–H and O–H groups in total. The number of ketones is 1. The maximum Gasteiger partial charge on any atom is 0.316 e. The van der Waals surface area contributed by atoms with Crippen LogP contribution in [0.4, 0.5) is 0 Å². The zero-order valence-electron chi connectivity index (χ0n) is 17.2. The molecule has 0 spiro atoms. The summed E-state index contributed by atoms with van der Waals surface area (Å²) in [6.07, 6.45) is 1.90. The van der Waals surface area contributed by atoms with E-state index >= 15 is 0 Å². The van der Waals surface area contributed by atoms with Gasteiger partial charge in [0.1, 0.15) is 19.5 Å². The van der Waals surface area contributed by atoms with Crippen molar-refractivity contribution in [3.05, 3.63) is 23.8 Å². The number of rotatable bonds is 10. The largest absolute Gasteiger partial charge is 0.468 e. The molecule has 0 bridgehead atoms. The summed E-state index contributed by atoms with van der Waals surface area (Å²) >= 11 is 0. The SMILES string of the molecule is C=C(C)C1C[C@@H](OCOC)C(CC=C(C)C)(OCOC)C(=O)C1C(=O)OC. The van der Waals surface area contributed by atoms with Crippen molar-refractivity contribution in [3.8, 4) is 0 Å². The normalized spacial score (nSPS) is 27.9. The van der Waals surface area contributed by atoms with E-state index < -0.39 is 29.5 Å². The van der Waals surface area contributed by atoms with E-state index in [1.165, 1.54) is 21.3 Å². The topological polar surface area (TPSA) is 80.3 Å². The number of ether oxygens (including phenoxy) is 5. The molecule has 0 aliphatic heterocycles. The molecule has 1 saturated carbocycles. The molecule has 3 unspecified atom stereocenters. The lowest BCUT2D eigenvalue weighted by Gasteiger charge is -2.46. The predicted molar refractivity (Wildman–Crippen MR) is 99.9 cm³/mol. The molecule has 154 valence electrons. The summed E-state index contributed by atoms with van der Waals surface area (Å²) in [4.78, 5) is 26.0. The third kappa shape index (κ3) is 5.48. The molecule has 1 rings (SSSR count). The Morgan fingerprint density at radius 3 is 2.30 bits per heavy atom. The fourth-order valence-electron chi connectivity index (χ4n) is 3.37. The highest BCUT2D eigenvalue weighted by atomic mass is 16.7. The lowest BCUT2D eigenvalue weighted by Crippen LogP contribution is -2.62. The number of allylic oxidation sites excluding steroid dienone is 2. The van der Waals surface area contributed by atoms with Crippen LogP contribution in [0.25, 0.3) is 0 Å². The smallest absolute Gasteiger partial charge is 0.316 e. The molecule has 4 atom stereocenters. The lowest BCUT2D eigenvalue weighted by atomic mass is 9.65. The first-order chi connectivity index (χ1) is 12.7. The summed E-state index contributed by atoms with van der Waals surface area (Å²) in [5, 5.41) is 0. The van der Waals surface area contributed by atoms with Gasteiger partial charge in [0.05, 0.1) is 13.2 Å². The van der Waals surface area contributed by atoms with Gasteiger partial charge in [-0.3, -0.25) is 9.59 Å². The molecule has 1 aliphatic rings. The number of Topliss-reactive ketones (excluding diaryl/α,β-unsaturated/α-hetero) is 1. The third-order valence-electron chi connectivity index (χ3n) is 4.81. The van der Waals surface area contributed by atoms with Crippen LogP contribution in [0.5, 0.6) is 0 Å². The summed E-state index contributed by atoms with van der Waals surface area (Å²) in [7, 11) is 4.25. The van der Waals surface area contributed by atoms with E-state index in [2.05, 4.69) is 6.58 Å². The Morgan fingerprint density at radius 2 is 1.81 bits per heavy atom. The van der Waals surface area contributed by atoms with Crippen molar-refractivity contribution < 1.29 is 33.3 Å². The monoisotopic (exact) mass is 384 g/mol. The van der Waals surface area contributed by atoms with Crippen LogP contribution in [0, 0.1) is 11.8 Å². The van der Waals surface area contributed by atoms with Crippen molar-refractivity contribution in [2.45, 2.75) is 45.3 Å². The number of methoxy groups -OCH3 is 3. The number of hydrogen-bond donors (Lipinski definition) is 0. The van der Waals surface area contributed by atoms with Crippen LogP contribution in [0.2, 0.25) is 0 Å². The molecule has 0 saturated heterocycles. The molecule has 7 heteroatoms. The van der Waals surface area contributed by atoms with Gasteiger partial charge < -0.3 is 23.7 Å². The van der Waals surface area contributed by atoms with Gasteiger partial charge in [-0.1, -0.05) is 23.8 Å². The van der Waals surface area contributed by atoms with Crippen LogP contribution < -0.4 is 0 Å². The van der Waals surface area contributed by atoms with E-state index in [4.69, 9.17) is 23.7 Å². The van der Waals surface area contributed by atoms with E-state index in [9.17, 15) is 9.59 Å². The van der Waals surface area contributed by atoms with Gasteiger partial charge in [0.25, 0.3) is 0 Å². The first-order valence-corrected chi connectivity index (χ1v) is 8.89. The highest BCUT2D eigenvalue weighted by Crippen LogP contribution is 2.43. The second kappa shape index (κ2) is 10.7. The highest BCUT2D eigenvalue weighted by molar-refractivity contribution is 6.05. The number of hydrogen-bond acceptors (Lipinski definition) is 7. The fraction of sp³-hybridized carbons (Fsp3) is 0.700. The predicted octanol–water partition coefficient (Wildman–Crippen LogP) is 2.65. The van der Waals surface area contributed by atoms with E-state index in [0.29, 0.717) is 12.0 Å². The van der Waals surface area contributed by atoms with Crippen LogP contribution in [0.15, 0.2) is 23.8 Å². The molecule has 0 aromatic heterocycles. The van der Waals surface area contributed by atoms with Gasteiger partial charge in [0, 0.05) is 26.6 Å². The van der Waals surface area contributed by atoms with Gasteiger partial charge in [0.15, 0.2) is 11.4 Å². The van der Waals surface area contributed by atoms with Crippen molar-refractivity contribution in [1.82, 2.24) is 0 Å². The average Bonchev–Trinajstić information content (AvgIpc) is 2.63. The number of carbonyl (C=O) groups is 2. The average molecular weight is 384 g/mol. The van der Waals surface area contributed by atoms with E-state index in [1.807, 2.05) is 19.9 Å². The van der Waals surface area contributed by atoms with Crippen LogP contribution in [0.1, 0.15) is 33.6 Å². The summed E-state index contributed by atoms with van der Waals surface area (Å²) in [6, 6.07) is 0. The zero-order valence-corrected chi connectivity index (χ0v) is 17.2. The van der Waals surface area contributed by atoms with E-state index in [-0.39, 0.29) is 25.8 Å². The Hall–Kier alpha value is -1.54. The summed E-state index contributed by atoms with van der Waals surface area (Å²) in [5.74, 6) is -2.39. The quantitative estimate of drug-likeness (QED) is 0.248. The molecule has 27 heavy (non-hydrogen) atoms. The molecule has 1 aliphatic carbocycles. The Kier molecular flexibility index (Phi) is 9.32. The number of esters is 1. The molecule has 0 aromatic carbocycles. The minimum absolute atomic E-state index is 0.00331. The van der Waals surface area contributed by atoms with Crippen LogP contribution >= 0.6 is 0 Å². The molecule has 0 heterocycles. The van der Waals surface area contributed by atoms with Gasteiger partial charge in [0.2, 0.25) is 0 Å². The molecule has 1 fully saturated rings. The van der Waals surface area contributed by atoms with Crippen molar-refractivity contribution in [3.63, 3.8) is 0 Å². The van der Waals surface area contributed by atoms with Crippen molar-refractivity contribution in [1.29, 1.82) is 0 Å². The van der Waals surface area contributed by atoms with Crippen LogP contribution in [-0.4, -0.2) is 58.4 Å². The Balaban J connectivity index is 3.47. The Bertz CT molecular complexity index is 565. The number of carbonyl (C=O) groups excluding carboxylic acids is 2. The minimum Gasteiger partial charge on any atom is -0.468 e. The van der Waals surface area contributed by atoms with E-state index in [0.717, 1.165) is 5.57 Å². The molecule has 7 nitrogen and oxygen atoms in total. The van der Waals surface area contributed by atoms with Crippen molar-refractivity contribution in [2.24, 2.45) is 11.8 Å². The van der Waals surface area contributed by atoms with Crippen molar-refractivity contribution in [2.75, 3.05) is 34.9 Å². The van der Waals surface area contributed by atoms with Crippen LogP contribution in [0.3, 0.4) is 0 Å². The van der Waals surface area contributed by atoms with Gasteiger partial charge in [-0.2, -0.15) is 0 Å². The summed E-state index contributed by atoms with van der Waals surface area (Å²) < 4.78 is 26.8.